The van der Waals surface area contributed by atoms with E-state index in [9.17, 15) is 59.7 Å². The Morgan fingerprint density at radius 3 is 1.31 bits per heavy atom. The molecule has 0 spiro atoms. The van der Waals surface area contributed by atoms with Crippen LogP contribution in [-0.4, -0.2) is 163 Å². The van der Waals surface area contributed by atoms with Gasteiger partial charge in [-0.2, -0.15) is 0 Å². The van der Waals surface area contributed by atoms with Gasteiger partial charge in [0.1, 0.15) is 34.8 Å². The number of aromatic carboxylic acids is 2. The Bertz CT molecular complexity index is 1770. The number of aryl methyl sites for hydroxylation is 2. The van der Waals surface area contributed by atoms with Crippen LogP contribution in [-0.2, 0) is 22.4 Å². The first-order valence-corrected chi connectivity index (χ1v) is 18.6. The number of carbonyl (C=O) groups excluding carboxylic acids is 2. The summed E-state index contributed by atoms with van der Waals surface area (Å²) in [5.74, 6) is -2.87. The van der Waals surface area contributed by atoms with Crippen molar-refractivity contribution in [1.82, 2.24) is 20.4 Å². The van der Waals surface area contributed by atoms with E-state index in [1.807, 2.05) is 0 Å². The number of hydrogen-bond acceptors (Lipinski definition) is 16. The summed E-state index contributed by atoms with van der Waals surface area (Å²) >= 11 is 0. The summed E-state index contributed by atoms with van der Waals surface area (Å²) in [6, 6.07) is 5.53. The zero-order valence-corrected chi connectivity index (χ0v) is 36.2. The minimum absolute atomic E-state index is 0. The second-order valence-corrected chi connectivity index (χ2v) is 15.2. The standard InChI is InChI=1S/2C17H22BN2O8.2Na/c2*21-10-5-12(19-6-10)16(22)20-7-11(8-20)27-13-2-1-9-3-4-18(25,26)28-15(9)14(13)17(23)24;;/h2*1-2,10-12,19,21,25-26H,3-8H2,(H,23,24);;/q2*-1;2*+1/t2*10-,12+;;/m11../s1. The topological polar surface area (TPSA) is 298 Å². The second kappa shape index (κ2) is 18.5. The molecule has 2 aromatic carbocycles. The first-order chi connectivity index (χ1) is 26.5. The van der Waals surface area contributed by atoms with Gasteiger partial charge in [0.05, 0.1) is 62.0 Å². The van der Waals surface area contributed by atoms with Gasteiger partial charge < -0.3 is 79.7 Å². The van der Waals surface area contributed by atoms with Crippen molar-refractivity contribution >= 4 is 37.3 Å². The third-order valence-corrected chi connectivity index (χ3v) is 10.7. The fourth-order valence-corrected chi connectivity index (χ4v) is 7.66. The molecule has 0 aliphatic carbocycles. The van der Waals surface area contributed by atoms with Crippen molar-refractivity contribution in [1.29, 1.82) is 0 Å². The number of nitrogens with zero attached hydrogens (tertiary/aromatic N) is 2. The van der Waals surface area contributed by atoms with Crippen LogP contribution in [0.2, 0.25) is 12.6 Å². The van der Waals surface area contributed by atoms with Gasteiger partial charge in [-0.05, 0) is 48.9 Å². The average Bonchev–Trinajstić information content (AvgIpc) is 3.73. The van der Waals surface area contributed by atoms with Crippen molar-refractivity contribution in [2.24, 2.45) is 0 Å². The summed E-state index contributed by atoms with van der Waals surface area (Å²) in [5, 5.41) is 83.2. The minimum Gasteiger partial charge on any atom is -0.669 e. The Balaban J connectivity index is 0.000000214. The molecule has 0 radical (unpaired) electrons. The molecule has 0 aromatic heterocycles. The van der Waals surface area contributed by atoms with E-state index >= 15 is 0 Å². The van der Waals surface area contributed by atoms with Crippen LogP contribution >= 0.6 is 0 Å². The van der Waals surface area contributed by atoms with Crippen molar-refractivity contribution in [2.75, 3.05) is 39.3 Å². The Hall–Kier alpha value is -2.67. The number of rotatable bonds is 8. The third kappa shape index (κ3) is 10.3. The Kier molecular flexibility index (Phi) is 14.8. The summed E-state index contributed by atoms with van der Waals surface area (Å²) in [4.78, 5) is 51.4. The molecular formula is C34H44B2N4Na2O16. The molecule has 4 saturated heterocycles. The Morgan fingerprint density at radius 1 is 0.638 bits per heavy atom. The van der Waals surface area contributed by atoms with Gasteiger partial charge in [0.15, 0.2) is 0 Å². The molecule has 24 heteroatoms. The van der Waals surface area contributed by atoms with Gasteiger partial charge in [-0.1, -0.05) is 24.8 Å². The largest absolute Gasteiger partial charge is 1.00 e. The molecular weight excluding hydrogens is 788 g/mol. The fourth-order valence-electron chi connectivity index (χ4n) is 7.66. The van der Waals surface area contributed by atoms with E-state index in [4.69, 9.17) is 18.8 Å². The quantitative estimate of drug-likeness (QED) is 0.111. The van der Waals surface area contributed by atoms with E-state index in [1.165, 1.54) is 12.1 Å². The van der Waals surface area contributed by atoms with Crippen molar-refractivity contribution in [3.8, 4) is 23.0 Å². The number of hydrogen-bond donors (Lipinski definition) is 10. The molecule has 0 saturated carbocycles. The van der Waals surface area contributed by atoms with Crippen LogP contribution in [0.3, 0.4) is 0 Å². The van der Waals surface area contributed by atoms with Gasteiger partial charge in [0, 0.05) is 13.1 Å². The maximum atomic E-state index is 12.3. The number of fused-ring (bicyclic) bond motifs is 2. The van der Waals surface area contributed by atoms with Crippen molar-refractivity contribution in [2.45, 2.75) is 74.8 Å². The zero-order chi connectivity index (χ0) is 40.1. The molecule has 58 heavy (non-hydrogen) atoms. The molecule has 0 bridgehead atoms. The third-order valence-electron chi connectivity index (χ3n) is 10.7. The summed E-state index contributed by atoms with van der Waals surface area (Å²) in [6.45, 7) is -4.20. The number of likely N-dealkylation sites (tertiary alicyclic amines) is 2. The zero-order valence-electron chi connectivity index (χ0n) is 32.2. The molecule has 2 aromatic rings. The molecule has 6 aliphatic rings. The summed E-state index contributed by atoms with van der Waals surface area (Å²) in [5.41, 5.74) is 0.636. The summed E-state index contributed by atoms with van der Waals surface area (Å²) in [6.07, 6.45) is -0.502. The number of aliphatic hydroxyl groups excluding tert-OH is 2. The normalized spacial score (nSPS) is 25.3. The smallest absolute Gasteiger partial charge is 0.669 e. The molecule has 6 aliphatic heterocycles. The van der Waals surface area contributed by atoms with E-state index in [2.05, 4.69) is 10.6 Å². The first-order valence-electron chi connectivity index (χ1n) is 18.6. The van der Waals surface area contributed by atoms with Crippen molar-refractivity contribution < 1.29 is 138 Å². The fraction of sp³-hybridized carbons (Fsp3) is 0.529. The van der Waals surface area contributed by atoms with Crippen LogP contribution in [0.15, 0.2) is 24.3 Å². The maximum absolute atomic E-state index is 12.3. The van der Waals surface area contributed by atoms with E-state index in [-0.39, 0.29) is 143 Å². The number of β-amino-alcohol motifs (C(OH)–C–C–N with tert-alkyl or cyclic N) is 2. The number of nitrogens with one attached hydrogen (secondary N) is 2. The van der Waals surface area contributed by atoms with Gasteiger partial charge >= 0.3 is 84.6 Å². The molecule has 10 N–H and O–H groups in total. The Labute approximate surface area is 376 Å². The van der Waals surface area contributed by atoms with Crippen LogP contribution in [0.1, 0.15) is 44.7 Å². The van der Waals surface area contributed by atoms with Crippen LogP contribution in [0, 0.1) is 0 Å². The Morgan fingerprint density at radius 2 is 1.00 bits per heavy atom. The van der Waals surface area contributed by atoms with Gasteiger partial charge in [-0.25, -0.2) is 9.59 Å². The monoisotopic (exact) mass is 832 g/mol. The van der Waals surface area contributed by atoms with Crippen molar-refractivity contribution in [3.63, 3.8) is 0 Å². The van der Waals surface area contributed by atoms with Gasteiger partial charge in [0.2, 0.25) is 11.8 Å². The van der Waals surface area contributed by atoms with E-state index in [0.717, 1.165) is 0 Å². The summed E-state index contributed by atoms with van der Waals surface area (Å²) < 4.78 is 21.8. The van der Waals surface area contributed by atoms with Gasteiger partial charge in [0.25, 0.3) is 0 Å². The van der Waals surface area contributed by atoms with Crippen LogP contribution in [0.5, 0.6) is 23.0 Å². The second-order valence-electron chi connectivity index (χ2n) is 15.2. The molecule has 2 amide bonds. The molecule has 4 atom stereocenters. The SMILES string of the molecule is O=C(O)c1c(OC2CN(C(=O)[C@@H]3C[C@@H](O)CN3)C2)ccc2c1O[B-](O)(O)CC2.O=C(O)c1c(OC2CN(C(=O)[C@@H]3C[C@@H](O)CN3)C2)ccc2c1O[B-](O)(O)CC2.[Na+].[Na+]. The summed E-state index contributed by atoms with van der Waals surface area (Å²) in [7, 11) is 0. The molecule has 0 unspecified atom stereocenters. The number of carboxylic acid groups (broad SMARTS) is 2. The predicted octanol–water partition coefficient (Wildman–Crippen LogP) is -8.88. The van der Waals surface area contributed by atoms with E-state index in [1.54, 1.807) is 21.9 Å². The number of carbonyl (C=O) groups is 4. The van der Waals surface area contributed by atoms with E-state index < -0.39 is 49.7 Å². The maximum Gasteiger partial charge on any atom is 1.00 e. The molecule has 6 heterocycles. The molecule has 304 valence electrons. The minimum atomic E-state index is -3.10. The molecule has 8 rings (SSSR count). The van der Waals surface area contributed by atoms with Gasteiger partial charge in [-0.15, -0.1) is 0 Å². The number of carboxylic acids is 2. The first kappa shape index (κ1) is 46.4. The van der Waals surface area contributed by atoms with Crippen LogP contribution in [0.4, 0.5) is 0 Å². The number of benzene rings is 2. The van der Waals surface area contributed by atoms with Gasteiger partial charge in [-0.3, -0.25) is 9.59 Å². The number of aliphatic hydroxyl groups is 2. The van der Waals surface area contributed by atoms with E-state index in [0.29, 0.717) is 63.2 Å². The number of ether oxygens (including phenoxy) is 2. The predicted molar refractivity (Wildman–Crippen MR) is 192 cm³/mol. The molecule has 20 nitrogen and oxygen atoms in total. The van der Waals surface area contributed by atoms with Crippen LogP contribution < -0.4 is 88.5 Å². The number of amides is 2. The average molecular weight is 832 g/mol. The van der Waals surface area contributed by atoms with Crippen LogP contribution in [0.25, 0.3) is 0 Å². The molecule has 4 fully saturated rings. The van der Waals surface area contributed by atoms with Crippen molar-refractivity contribution in [3.05, 3.63) is 46.5 Å².